The quantitative estimate of drug-likeness (QED) is 0.315. The van der Waals surface area contributed by atoms with Crippen LogP contribution in [0.3, 0.4) is 0 Å². The molecule has 0 spiro atoms. The summed E-state index contributed by atoms with van der Waals surface area (Å²) in [4.78, 5) is 30.7. The Morgan fingerprint density at radius 1 is 0.966 bits per heavy atom. The molecule has 0 saturated carbocycles. The molecule has 0 aliphatic rings. The molecule has 142 valence electrons. The van der Waals surface area contributed by atoms with Gasteiger partial charge in [0.15, 0.2) is 0 Å². The van der Waals surface area contributed by atoms with E-state index in [1.165, 1.54) is 22.4 Å². The van der Waals surface area contributed by atoms with Crippen LogP contribution in [-0.2, 0) is 0 Å². The fourth-order valence-electron chi connectivity index (χ4n) is 2.68. The van der Waals surface area contributed by atoms with Crippen molar-refractivity contribution in [2.24, 2.45) is 5.10 Å². The number of pyridine rings is 1. The molecule has 0 aliphatic carbocycles. The van der Waals surface area contributed by atoms with Gasteiger partial charge in [-0.25, -0.2) is 10.4 Å². The molecule has 4 rings (SSSR count). The minimum absolute atomic E-state index is 0.258. The first kappa shape index (κ1) is 18.6. The first-order valence-electron chi connectivity index (χ1n) is 8.85. The highest BCUT2D eigenvalue weighted by Gasteiger charge is 2.13. The first-order chi connectivity index (χ1) is 14.2. The molecule has 0 radical (unpaired) electrons. The van der Waals surface area contributed by atoms with Crippen LogP contribution in [0, 0.1) is 0 Å². The van der Waals surface area contributed by atoms with Crippen molar-refractivity contribution in [1.29, 1.82) is 0 Å². The van der Waals surface area contributed by atoms with Crippen molar-refractivity contribution in [1.82, 2.24) is 14.8 Å². The van der Waals surface area contributed by atoms with Crippen LogP contribution in [0.15, 0.2) is 105 Å². The number of aromatic nitrogens is 2. The van der Waals surface area contributed by atoms with Gasteiger partial charge in [0.25, 0.3) is 11.5 Å². The third-order valence-electron chi connectivity index (χ3n) is 4.09. The molecule has 2 aromatic heterocycles. The molecular formula is C22H16N4O2S. The van der Waals surface area contributed by atoms with Crippen LogP contribution in [0.25, 0.3) is 5.65 Å². The van der Waals surface area contributed by atoms with E-state index < -0.39 is 0 Å². The van der Waals surface area contributed by atoms with Crippen LogP contribution in [0.1, 0.15) is 15.9 Å². The van der Waals surface area contributed by atoms with Gasteiger partial charge in [-0.2, -0.15) is 5.10 Å². The van der Waals surface area contributed by atoms with E-state index in [0.717, 1.165) is 4.90 Å². The predicted molar refractivity (Wildman–Crippen MR) is 114 cm³/mol. The van der Waals surface area contributed by atoms with Gasteiger partial charge in [0.1, 0.15) is 10.7 Å². The van der Waals surface area contributed by atoms with Gasteiger partial charge in [0.2, 0.25) is 0 Å². The van der Waals surface area contributed by atoms with Crippen molar-refractivity contribution < 1.29 is 4.79 Å². The van der Waals surface area contributed by atoms with Crippen molar-refractivity contribution in [2.45, 2.75) is 9.92 Å². The number of nitrogens with one attached hydrogen (secondary N) is 1. The molecule has 29 heavy (non-hydrogen) atoms. The second-order valence-corrected chi connectivity index (χ2v) is 7.11. The van der Waals surface area contributed by atoms with Gasteiger partial charge in [-0.3, -0.25) is 14.0 Å². The van der Waals surface area contributed by atoms with Gasteiger partial charge in [-0.15, -0.1) is 0 Å². The predicted octanol–water partition coefficient (Wildman–Crippen LogP) is 3.61. The first-order valence-corrected chi connectivity index (χ1v) is 9.67. The number of carbonyl (C=O) groups is 1. The zero-order valence-corrected chi connectivity index (χ0v) is 16.0. The molecule has 0 atom stereocenters. The SMILES string of the molecule is O=C(N/N=C/c1c(Sc2ccccc2)nc2ccccn2c1=O)c1ccccc1. The largest absolute Gasteiger partial charge is 0.271 e. The number of carbonyl (C=O) groups excluding carboxylic acids is 1. The lowest BCUT2D eigenvalue weighted by Crippen LogP contribution is -2.22. The summed E-state index contributed by atoms with van der Waals surface area (Å²) < 4.78 is 1.45. The fraction of sp³-hybridized carbons (Fsp3) is 0. The maximum atomic E-state index is 13.0. The summed E-state index contributed by atoms with van der Waals surface area (Å²) in [6.45, 7) is 0. The average molecular weight is 400 g/mol. The molecule has 0 bridgehead atoms. The number of hydrogen-bond acceptors (Lipinski definition) is 5. The second-order valence-electron chi connectivity index (χ2n) is 6.04. The van der Waals surface area contributed by atoms with Gasteiger partial charge in [0.05, 0.1) is 11.8 Å². The second kappa shape index (κ2) is 8.53. The van der Waals surface area contributed by atoms with E-state index in [1.807, 2.05) is 42.5 Å². The Labute approximate surface area is 170 Å². The molecule has 0 saturated heterocycles. The Balaban J connectivity index is 1.69. The smallest absolute Gasteiger partial charge is 0.268 e. The third kappa shape index (κ3) is 4.25. The van der Waals surface area contributed by atoms with Crippen molar-refractivity contribution in [2.75, 3.05) is 0 Å². The molecule has 0 unspecified atom stereocenters. The van der Waals surface area contributed by atoms with E-state index >= 15 is 0 Å². The van der Waals surface area contributed by atoms with Gasteiger partial charge in [-0.1, -0.05) is 54.2 Å². The molecule has 7 heteroatoms. The van der Waals surface area contributed by atoms with Gasteiger partial charge < -0.3 is 0 Å². The number of hydrogen-bond donors (Lipinski definition) is 1. The summed E-state index contributed by atoms with van der Waals surface area (Å²) in [5, 5.41) is 4.52. The van der Waals surface area contributed by atoms with Crippen molar-refractivity contribution in [3.8, 4) is 0 Å². The van der Waals surface area contributed by atoms with Crippen LogP contribution < -0.4 is 11.0 Å². The lowest BCUT2D eigenvalue weighted by atomic mass is 10.2. The summed E-state index contributed by atoms with van der Waals surface area (Å²) in [5.74, 6) is -0.354. The summed E-state index contributed by atoms with van der Waals surface area (Å²) >= 11 is 1.37. The highest BCUT2D eigenvalue weighted by Crippen LogP contribution is 2.27. The average Bonchev–Trinajstić information content (AvgIpc) is 2.77. The Morgan fingerprint density at radius 3 is 2.41 bits per heavy atom. The van der Waals surface area contributed by atoms with Gasteiger partial charge >= 0.3 is 0 Å². The Kier molecular flexibility index (Phi) is 5.49. The third-order valence-corrected chi connectivity index (χ3v) is 5.10. The number of amides is 1. The van der Waals surface area contributed by atoms with Crippen LogP contribution >= 0.6 is 11.8 Å². The maximum absolute atomic E-state index is 13.0. The van der Waals surface area contributed by atoms with Crippen LogP contribution in [-0.4, -0.2) is 21.5 Å². The van der Waals surface area contributed by atoms with E-state index in [4.69, 9.17) is 0 Å². The maximum Gasteiger partial charge on any atom is 0.271 e. The highest BCUT2D eigenvalue weighted by atomic mass is 32.2. The van der Waals surface area contributed by atoms with Crippen molar-refractivity contribution >= 4 is 29.5 Å². The molecule has 4 aromatic rings. The van der Waals surface area contributed by atoms with E-state index in [2.05, 4.69) is 15.5 Å². The topological polar surface area (TPSA) is 75.8 Å². The summed E-state index contributed by atoms with van der Waals surface area (Å²) in [7, 11) is 0. The van der Waals surface area contributed by atoms with Crippen LogP contribution in [0.4, 0.5) is 0 Å². The Bertz CT molecular complexity index is 1240. The number of nitrogens with zero attached hydrogens (tertiary/aromatic N) is 3. The normalized spacial score (nSPS) is 11.0. The number of hydrazone groups is 1. The summed E-state index contributed by atoms with van der Waals surface area (Å²) in [6, 6.07) is 23.8. The lowest BCUT2D eigenvalue weighted by Gasteiger charge is -2.08. The van der Waals surface area contributed by atoms with Gasteiger partial charge in [0, 0.05) is 16.7 Å². The Morgan fingerprint density at radius 2 is 1.66 bits per heavy atom. The van der Waals surface area contributed by atoms with Gasteiger partial charge in [-0.05, 0) is 36.4 Å². The van der Waals surface area contributed by atoms with E-state index in [1.54, 1.807) is 42.6 Å². The highest BCUT2D eigenvalue weighted by molar-refractivity contribution is 7.99. The minimum Gasteiger partial charge on any atom is -0.268 e. The molecule has 1 amide bonds. The fourth-order valence-corrected chi connectivity index (χ4v) is 3.59. The number of rotatable bonds is 5. The minimum atomic E-state index is -0.354. The van der Waals surface area contributed by atoms with E-state index in [0.29, 0.717) is 21.8 Å². The zero-order valence-electron chi connectivity index (χ0n) is 15.2. The molecule has 6 nitrogen and oxygen atoms in total. The molecule has 0 fully saturated rings. The van der Waals surface area contributed by atoms with Crippen molar-refractivity contribution in [3.05, 3.63) is 107 Å². The van der Waals surface area contributed by atoms with E-state index in [-0.39, 0.29) is 11.5 Å². The number of benzene rings is 2. The summed E-state index contributed by atoms with van der Waals surface area (Å²) in [6.07, 6.45) is 3.00. The zero-order chi connectivity index (χ0) is 20.1. The van der Waals surface area contributed by atoms with E-state index in [9.17, 15) is 9.59 Å². The van der Waals surface area contributed by atoms with Crippen LogP contribution in [0.5, 0.6) is 0 Å². The molecule has 2 heterocycles. The molecule has 0 aliphatic heterocycles. The molecular weight excluding hydrogens is 384 g/mol. The number of fused-ring (bicyclic) bond motifs is 1. The monoisotopic (exact) mass is 400 g/mol. The molecule has 1 N–H and O–H groups in total. The van der Waals surface area contributed by atoms with Crippen LogP contribution in [0.2, 0.25) is 0 Å². The molecule has 2 aromatic carbocycles. The standard InChI is InChI=1S/C22H16N4O2S/c27-20(16-9-3-1-4-10-16)25-23-15-18-21(29-17-11-5-2-6-12-17)24-19-13-7-8-14-26(19)22(18)28/h1-15H,(H,25,27)/b23-15+. The Hall–Kier alpha value is -3.71. The lowest BCUT2D eigenvalue weighted by molar-refractivity contribution is 0.0955. The van der Waals surface area contributed by atoms with Crippen molar-refractivity contribution in [3.63, 3.8) is 0 Å². The summed E-state index contributed by atoms with van der Waals surface area (Å²) in [5.41, 5.74) is 3.53.